The van der Waals surface area contributed by atoms with E-state index in [4.69, 9.17) is 10.7 Å². The third-order valence-corrected chi connectivity index (χ3v) is 7.15. The molecule has 3 N–H and O–H groups in total. The lowest BCUT2D eigenvalue weighted by Crippen LogP contribution is -2.24. The SMILES string of the molecule is CCCCc1nc2c(N)nc3ccccc3c2n1CCCCNC(=O)CCCCCC(=O)Oc1c(F)c(F)cc(F)c1F. The van der Waals surface area contributed by atoms with Crippen molar-refractivity contribution in [2.45, 2.75) is 77.7 Å². The summed E-state index contributed by atoms with van der Waals surface area (Å²) in [5.74, 6) is -8.00. The van der Waals surface area contributed by atoms with Crippen LogP contribution in [0.5, 0.6) is 5.75 Å². The van der Waals surface area contributed by atoms with Crippen molar-refractivity contribution in [3.05, 3.63) is 59.4 Å². The Kier molecular flexibility index (Phi) is 10.9. The molecule has 0 saturated heterocycles. The number of anilines is 1. The molecule has 43 heavy (non-hydrogen) atoms. The predicted octanol–water partition coefficient (Wildman–Crippen LogP) is 6.52. The highest BCUT2D eigenvalue weighted by Gasteiger charge is 2.23. The van der Waals surface area contributed by atoms with Crippen LogP contribution < -0.4 is 15.8 Å². The number of fused-ring (bicyclic) bond motifs is 3. The first-order valence-electron chi connectivity index (χ1n) is 14.5. The maximum absolute atomic E-state index is 13.6. The third kappa shape index (κ3) is 7.79. The van der Waals surface area contributed by atoms with Crippen LogP contribution in [0.4, 0.5) is 23.4 Å². The highest BCUT2D eigenvalue weighted by atomic mass is 19.2. The molecule has 2 aromatic heterocycles. The average Bonchev–Trinajstić information content (AvgIpc) is 3.36. The van der Waals surface area contributed by atoms with Gasteiger partial charge < -0.3 is 20.4 Å². The number of aromatic nitrogens is 3. The van der Waals surface area contributed by atoms with Gasteiger partial charge in [0.2, 0.25) is 23.3 Å². The summed E-state index contributed by atoms with van der Waals surface area (Å²) in [6.07, 6.45) is 5.74. The van der Waals surface area contributed by atoms with Gasteiger partial charge in [0.05, 0.1) is 11.0 Å². The van der Waals surface area contributed by atoms with Crippen LogP contribution in [0.25, 0.3) is 21.9 Å². The fourth-order valence-corrected chi connectivity index (χ4v) is 4.92. The summed E-state index contributed by atoms with van der Waals surface area (Å²) in [7, 11) is 0. The summed E-state index contributed by atoms with van der Waals surface area (Å²) in [4.78, 5) is 33.5. The molecule has 0 aliphatic carbocycles. The fraction of sp³-hybridized carbons (Fsp3) is 0.419. The second-order valence-corrected chi connectivity index (χ2v) is 10.4. The number of nitrogens with one attached hydrogen (secondary N) is 1. The molecule has 0 aliphatic rings. The van der Waals surface area contributed by atoms with Crippen LogP contribution in [0.15, 0.2) is 30.3 Å². The lowest BCUT2D eigenvalue weighted by Gasteiger charge is -2.11. The summed E-state index contributed by atoms with van der Waals surface area (Å²) in [5.41, 5.74) is 8.79. The molecule has 0 saturated carbocycles. The van der Waals surface area contributed by atoms with Gasteiger partial charge in [-0.15, -0.1) is 0 Å². The normalized spacial score (nSPS) is 11.4. The number of hydrogen-bond acceptors (Lipinski definition) is 6. The minimum absolute atomic E-state index is 0.0368. The van der Waals surface area contributed by atoms with Gasteiger partial charge in [-0.2, -0.15) is 8.78 Å². The molecule has 0 spiro atoms. The van der Waals surface area contributed by atoms with Gasteiger partial charge in [0.25, 0.3) is 0 Å². The molecule has 12 heteroatoms. The van der Waals surface area contributed by atoms with Gasteiger partial charge in [-0.3, -0.25) is 9.59 Å². The van der Waals surface area contributed by atoms with Crippen LogP contribution in [0.3, 0.4) is 0 Å². The van der Waals surface area contributed by atoms with E-state index in [2.05, 4.69) is 26.5 Å². The van der Waals surface area contributed by atoms with Gasteiger partial charge >= 0.3 is 5.97 Å². The second kappa shape index (κ2) is 14.8. The number of carbonyl (C=O) groups excluding carboxylic acids is 2. The molecule has 2 aromatic carbocycles. The Labute approximate surface area is 246 Å². The summed E-state index contributed by atoms with van der Waals surface area (Å²) in [5, 5.41) is 3.91. The summed E-state index contributed by atoms with van der Waals surface area (Å²) in [6.45, 7) is 3.37. The Morgan fingerprint density at radius 3 is 2.40 bits per heavy atom. The smallest absolute Gasteiger partial charge is 0.311 e. The first-order chi connectivity index (χ1) is 20.7. The van der Waals surface area contributed by atoms with E-state index >= 15 is 0 Å². The van der Waals surface area contributed by atoms with E-state index in [1.54, 1.807) is 0 Å². The minimum Gasteiger partial charge on any atom is -0.420 e. The number of unbranched alkanes of at least 4 members (excludes halogenated alkanes) is 4. The number of halogens is 4. The van der Waals surface area contributed by atoms with Gasteiger partial charge in [0.15, 0.2) is 17.5 Å². The van der Waals surface area contributed by atoms with E-state index in [1.807, 2.05) is 24.3 Å². The van der Waals surface area contributed by atoms with Crippen LogP contribution in [0.1, 0.15) is 70.5 Å². The molecule has 0 radical (unpaired) electrons. The van der Waals surface area contributed by atoms with Crippen molar-refractivity contribution >= 4 is 39.6 Å². The van der Waals surface area contributed by atoms with Crippen molar-refractivity contribution in [2.75, 3.05) is 12.3 Å². The maximum atomic E-state index is 13.6. The average molecular weight is 602 g/mol. The fourth-order valence-electron chi connectivity index (χ4n) is 4.92. The zero-order valence-corrected chi connectivity index (χ0v) is 24.0. The Balaban J connectivity index is 1.19. The van der Waals surface area contributed by atoms with E-state index in [0.29, 0.717) is 30.7 Å². The molecule has 0 bridgehead atoms. The van der Waals surface area contributed by atoms with Gasteiger partial charge in [-0.05, 0) is 38.2 Å². The van der Waals surface area contributed by atoms with Crippen LogP contribution in [0, 0.1) is 23.3 Å². The predicted molar refractivity (Wildman–Crippen MR) is 155 cm³/mol. The van der Waals surface area contributed by atoms with Gasteiger partial charge in [0, 0.05) is 43.8 Å². The summed E-state index contributed by atoms with van der Waals surface area (Å²) < 4.78 is 60.5. The Bertz CT molecular complexity index is 1580. The summed E-state index contributed by atoms with van der Waals surface area (Å²) in [6, 6.07) is 7.91. The van der Waals surface area contributed by atoms with E-state index < -0.39 is 35.0 Å². The van der Waals surface area contributed by atoms with Crippen molar-refractivity contribution in [3.63, 3.8) is 0 Å². The third-order valence-electron chi connectivity index (χ3n) is 7.15. The van der Waals surface area contributed by atoms with Crippen LogP contribution >= 0.6 is 0 Å². The number of carbonyl (C=O) groups is 2. The molecular formula is C31H35F4N5O3. The van der Waals surface area contributed by atoms with E-state index in [-0.39, 0.29) is 31.2 Å². The lowest BCUT2D eigenvalue weighted by atomic mass is 10.1. The maximum Gasteiger partial charge on any atom is 0.311 e. The topological polar surface area (TPSA) is 112 Å². The number of para-hydroxylation sites is 1. The quantitative estimate of drug-likeness (QED) is 0.0528. The van der Waals surface area contributed by atoms with Crippen molar-refractivity contribution in [1.82, 2.24) is 19.9 Å². The highest BCUT2D eigenvalue weighted by Crippen LogP contribution is 2.30. The number of amides is 1. The standard InChI is InChI=1S/C31H35F4N5O3/c1-2-3-13-23-39-28-29(19-11-7-8-12-22(19)38-31(28)36)40(23)17-10-9-16-37-24(41)14-5-4-6-15-25(42)43-30-26(34)20(32)18-21(33)27(30)35/h7-8,11-12,18H,2-6,9-10,13-17H2,1H3,(H2,36,38)(H,37,41). The number of benzene rings is 2. The number of pyridine rings is 1. The number of imidazole rings is 1. The van der Waals surface area contributed by atoms with Gasteiger partial charge in [-0.25, -0.2) is 18.7 Å². The second-order valence-electron chi connectivity index (χ2n) is 10.4. The van der Waals surface area contributed by atoms with Crippen LogP contribution in [-0.4, -0.2) is 33.0 Å². The number of nitrogens with zero attached hydrogens (tertiary/aromatic N) is 3. The molecule has 0 unspecified atom stereocenters. The van der Waals surface area contributed by atoms with Gasteiger partial charge in [0.1, 0.15) is 11.3 Å². The number of hydrogen-bond donors (Lipinski definition) is 2. The largest absolute Gasteiger partial charge is 0.420 e. The van der Waals surface area contributed by atoms with E-state index in [9.17, 15) is 27.2 Å². The number of nitrogens with two attached hydrogens (primary N) is 1. The van der Waals surface area contributed by atoms with Crippen molar-refractivity contribution < 1.29 is 31.9 Å². The van der Waals surface area contributed by atoms with E-state index in [0.717, 1.165) is 60.9 Å². The first-order valence-corrected chi connectivity index (χ1v) is 14.5. The van der Waals surface area contributed by atoms with Crippen molar-refractivity contribution in [3.8, 4) is 5.75 Å². The molecule has 1 amide bonds. The van der Waals surface area contributed by atoms with Crippen molar-refractivity contribution in [1.29, 1.82) is 0 Å². The molecule has 0 aliphatic heterocycles. The Morgan fingerprint density at radius 1 is 0.930 bits per heavy atom. The molecule has 0 fully saturated rings. The summed E-state index contributed by atoms with van der Waals surface area (Å²) >= 11 is 0. The van der Waals surface area contributed by atoms with Crippen LogP contribution in [0.2, 0.25) is 0 Å². The zero-order chi connectivity index (χ0) is 30.9. The number of esters is 1. The molecule has 4 aromatic rings. The molecule has 4 rings (SSSR count). The van der Waals surface area contributed by atoms with E-state index in [1.165, 1.54) is 0 Å². The lowest BCUT2D eigenvalue weighted by molar-refractivity contribution is -0.135. The zero-order valence-electron chi connectivity index (χ0n) is 24.0. The number of rotatable bonds is 15. The Morgan fingerprint density at radius 2 is 1.65 bits per heavy atom. The van der Waals surface area contributed by atoms with Gasteiger partial charge in [-0.1, -0.05) is 38.0 Å². The van der Waals surface area contributed by atoms with Crippen molar-refractivity contribution in [2.24, 2.45) is 0 Å². The first kappa shape index (κ1) is 31.7. The minimum atomic E-state index is -1.77. The molecule has 2 heterocycles. The highest BCUT2D eigenvalue weighted by molar-refractivity contribution is 6.06. The molecule has 230 valence electrons. The van der Waals surface area contributed by atoms with Crippen LogP contribution in [-0.2, 0) is 22.6 Å². The number of aryl methyl sites for hydroxylation is 2. The molecular weight excluding hydrogens is 566 g/mol. The Hall–Kier alpha value is -4.22. The molecule has 8 nitrogen and oxygen atoms in total. The molecule has 0 atom stereocenters. The monoisotopic (exact) mass is 601 g/mol. The number of ether oxygens (including phenoxy) is 1. The number of nitrogen functional groups attached to an aromatic ring is 1.